The molecule has 1 aliphatic rings. The van der Waals surface area contributed by atoms with Crippen molar-refractivity contribution in [2.45, 2.75) is 20.5 Å². The summed E-state index contributed by atoms with van der Waals surface area (Å²) in [5.41, 5.74) is 2.63. The number of aromatic hydroxyl groups is 1. The maximum Gasteiger partial charge on any atom is 0.491 e. The van der Waals surface area contributed by atoms with Crippen molar-refractivity contribution in [2.75, 3.05) is 0 Å². The molecule has 0 spiro atoms. The summed E-state index contributed by atoms with van der Waals surface area (Å²) in [6.07, 6.45) is 0. The largest absolute Gasteiger partial charge is 0.508 e. The Morgan fingerprint density at radius 3 is 2.62 bits per heavy atom. The monoisotopic (exact) mass is 224 g/mol. The molecule has 1 aliphatic heterocycles. The number of rotatable bonds is 0. The van der Waals surface area contributed by atoms with Crippen molar-refractivity contribution in [3.63, 3.8) is 0 Å². The SMILES string of the molecule is CC(=O)O.Cc1cc(O)cc2c1COB2O. The van der Waals surface area contributed by atoms with Gasteiger partial charge in [-0.15, -0.1) is 0 Å². The second kappa shape index (κ2) is 5.00. The molecule has 0 radical (unpaired) electrons. The number of carboxylic acid groups (broad SMARTS) is 1. The Hall–Kier alpha value is -1.53. The zero-order chi connectivity index (χ0) is 12.3. The maximum absolute atomic E-state index is 9.30. The lowest BCUT2D eigenvalue weighted by Crippen LogP contribution is -2.28. The predicted octanol–water partition coefficient (Wildman–Crippen LogP) is 0.00922. The standard InChI is InChI=1S/C8H9BO3.C2H4O2/c1-5-2-6(10)3-8-7(5)4-12-9(8)11;1-2(3)4/h2-3,10-11H,4H2,1H3;1H3,(H,3,4). The van der Waals surface area contributed by atoms with E-state index in [1.54, 1.807) is 12.1 Å². The fraction of sp³-hybridized carbons (Fsp3) is 0.300. The highest BCUT2D eigenvalue weighted by Crippen LogP contribution is 2.19. The summed E-state index contributed by atoms with van der Waals surface area (Å²) < 4.78 is 5.00. The molecule has 1 aromatic rings. The average molecular weight is 224 g/mol. The Morgan fingerprint density at radius 2 is 2.06 bits per heavy atom. The smallest absolute Gasteiger partial charge is 0.491 e. The number of carbonyl (C=O) groups is 1. The maximum atomic E-state index is 9.30. The number of benzene rings is 1. The molecule has 1 heterocycles. The van der Waals surface area contributed by atoms with E-state index in [-0.39, 0.29) is 5.75 Å². The number of hydrogen-bond acceptors (Lipinski definition) is 4. The van der Waals surface area contributed by atoms with Gasteiger partial charge in [0, 0.05) is 6.92 Å². The van der Waals surface area contributed by atoms with Crippen LogP contribution in [-0.4, -0.2) is 28.3 Å². The van der Waals surface area contributed by atoms with E-state index in [1.165, 1.54) is 0 Å². The number of phenolic OH excluding ortho intramolecular Hbond substituents is 1. The van der Waals surface area contributed by atoms with Crippen LogP contribution >= 0.6 is 0 Å². The molecule has 0 aliphatic carbocycles. The van der Waals surface area contributed by atoms with E-state index in [4.69, 9.17) is 14.6 Å². The van der Waals surface area contributed by atoms with Gasteiger partial charge in [0.15, 0.2) is 0 Å². The number of fused-ring (bicyclic) bond motifs is 1. The molecule has 0 aromatic heterocycles. The minimum absolute atomic E-state index is 0.177. The first-order valence-electron chi connectivity index (χ1n) is 4.73. The molecule has 0 fully saturated rings. The van der Waals surface area contributed by atoms with Crippen LogP contribution in [0.5, 0.6) is 5.75 Å². The Labute approximate surface area is 93.4 Å². The van der Waals surface area contributed by atoms with Crippen molar-refractivity contribution in [3.8, 4) is 5.75 Å². The van der Waals surface area contributed by atoms with Crippen LogP contribution in [0.3, 0.4) is 0 Å². The molecule has 0 unspecified atom stereocenters. The van der Waals surface area contributed by atoms with Gasteiger partial charge in [0.2, 0.25) is 0 Å². The summed E-state index contributed by atoms with van der Waals surface area (Å²) in [5, 5.41) is 25.9. The summed E-state index contributed by atoms with van der Waals surface area (Å²) in [7, 11) is -0.870. The highest BCUT2D eigenvalue weighted by atomic mass is 16.5. The zero-order valence-corrected chi connectivity index (χ0v) is 9.10. The van der Waals surface area contributed by atoms with E-state index in [0.29, 0.717) is 12.1 Å². The summed E-state index contributed by atoms with van der Waals surface area (Å²) in [6.45, 7) is 3.41. The Morgan fingerprint density at radius 1 is 1.50 bits per heavy atom. The van der Waals surface area contributed by atoms with E-state index in [2.05, 4.69) is 0 Å². The second-order valence-electron chi connectivity index (χ2n) is 3.51. The Balaban J connectivity index is 0.000000280. The van der Waals surface area contributed by atoms with Crippen molar-refractivity contribution >= 4 is 18.6 Å². The van der Waals surface area contributed by atoms with Gasteiger partial charge in [0.1, 0.15) is 5.75 Å². The first kappa shape index (κ1) is 12.5. The third kappa shape index (κ3) is 2.98. The molecular weight excluding hydrogens is 211 g/mol. The molecule has 16 heavy (non-hydrogen) atoms. The van der Waals surface area contributed by atoms with Gasteiger partial charge in [-0.05, 0) is 35.6 Å². The average Bonchev–Trinajstić information content (AvgIpc) is 2.47. The molecule has 0 saturated heterocycles. The molecule has 0 bridgehead atoms. The molecule has 6 heteroatoms. The summed E-state index contributed by atoms with van der Waals surface area (Å²) in [4.78, 5) is 9.00. The van der Waals surface area contributed by atoms with Gasteiger partial charge < -0.3 is 19.9 Å². The van der Waals surface area contributed by atoms with Gasteiger partial charge >= 0.3 is 7.12 Å². The van der Waals surface area contributed by atoms with Gasteiger partial charge in [-0.1, -0.05) is 0 Å². The quantitative estimate of drug-likeness (QED) is 0.540. The predicted molar refractivity (Wildman–Crippen MR) is 58.5 cm³/mol. The molecule has 1 aromatic carbocycles. The van der Waals surface area contributed by atoms with E-state index in [1.807, 2.05) is 6.92 Å². The molecule has 5 nitrogen and oxygen atoms in total. The molecule has 3 N–H and O–H groups in total. The summed E-state index contributed by atoms with van der Waals surface area (Å²) >= 11 is 0. The fourth-order valence-corrected chi connectivity index (χ4v) is 1.49. The lowest BCUT2D eigenvalue weighted by Gasteiger charge is -2.02. The first-order chi connectivity index (χ1) is 7.41. The van der Waals surface area contributed by atoms with Gasteiger partial charge in [-0.25, -0.2) is 0 Å². The molecule has 0 amide bonds. The van der Waals surface area contributed by atoms with Crippen molar-refractivity contribution < 1.29 is 24.7 Å². The highest BCUT2D eigenvalue weighted by molar-refractivity contribution is 6.61. The van der Waals surface area contributed by atoms with Crippen molar-refractivity contribution in [3.05, 3.63) is 23.3 Å². The van der Waals surface area contributed by atoms with Crippen LogP contribution in [0.1, 0.15) is 18.1 Å². The Kier molecular flexibility index (Phi) is 3.92. The van der Waals surface area contributed by atoms with Crippen LogP contribution in [0.25, 0.3) is 0 Å². The minimum atomic E-state index is -0.870. The number of aliphatic carboxylic acids is 1. The zero-order valence-electron chi connectivity index (χ0n) is 9.10. The Bertz CT molecular complexity index is 400. The van der Waals surface area contributed by atoms with Crippen molar-refractivity contribution in [2.24, 2.45) is 0 Å². The van der Waals surface area contributed by atoms with Crippen LogP contribution in [0, 0.1) is 6.92 Å². The number of carboxylic acids is 1. The van der Waals surface area contributed by atoms with E-state index >= 15 is 0 Å². The number of hydrogen-bond donors (Lipinski definition) is 3. The highest BCUT2D eigenvalue weighted by Gasteiger charge is 2.28. The van der Waals surface area contributed by atoms with Crippen molar-refractivity contribution in [1.29, 1.82) is 0 Å². The number of aryl methyl sites for hydroxylation is 1. The van der Waals surface area contributed by atoms with Gasteiger partial charge in [0.25, 0.3) is 5.97 Å². The van der Waals surface area contributed by atoms with Crippen LogP contribution in [0.15, 0.2) is 12.1 Å². The third-order valence-corrected chi connectivity index (χ3v) is 2.14. The minimum Gasteiger partial charge on any atom is -0.508 e. The summed E-state index contributed by atoms with van der Waals surface area (Å²) in [5.74, 6) is -0.657. The van der Waals surface area contributed by atoms with E-state index < -0.39 is 13.1 Å². The lowest BCUT2D eigenvalue weighted by atomic mass is 9.78. The molecule has 86 valence electrons. The lowest BCUT2D eigenvalue weighted by molar-refractivity contribution is -0.134. The molecule has 2 rings (SSSR count). The van der Waals surface area contributed by atoms with E-state index in [0.717, 1.165) is 18.1 Å². The van der Waals surface area contributed by atoms with Crippen LogP contribution < -0.4 is 5.46 Å². The van der Waals surface area contributed by atoms with Gasteiger partial charge in [-0.2, -0.15) is 0 Å². The summed E-state index contributed by atoms with van der Waals surface area (Å²) in [6, 6.07) is 3.21. The molecular formula is C10H13BO5. The third-order valence-electron chi connectivity index (χ3n) is 2.14. The number of phenols is 1. The first-order valence-corrected chi connectivity index (χ1v) is 4.73. The second-order valence-corrected chi connectivity index (χ2v) is 3.51. The van der Waals surface area contributed by atoms with Crippen LogP contribution in [0.2, 0.25) is 0 Å². The van der Waals surface area contributed by atoms with Crippen LogP contribution in [-0.2, 0) is 16.1 Å². The fourth-order valence-electron chi connectivity index (χ4n) is 1.49. The van der Waals surface area contributed by atoms with E-state index in [9.17, 15) is 10.1 Å². The normalized spacial score (nSPS) is 12.8. The topological polar surface area (TPSA) is 87.0 Å². The van der Waals surface area contributed by atoms with Crippen molar-refractivity contribution in [1.82, 2.24) is 0 Å². The van der Waals surface area contributed by atoms with Gasteiger partial charge in [-0.3, -0.25) is 4.79 Å². The molecule has 0 saturated carbocycles. The molecule has 0 atom stereocenters. The van der Waals surface area contributed by atoms with Crippen LogP contribution in [0.4, 0.5) is 0 Å². The van der Waals surface area contributed by atoms with Gasteiger partial charge in [0.05, 0.1) is 6.61 Å².